The summed E-state index contributed by atoms with van der Waals surface area (Å²) in [6, 6.07) is 4.21. The Kier molecular flexibility index (Phi) is 2.41. The number of hydrogen-bond donors (Lipinski definition) is 0. The molecule has 1 aromatic rings. The highest BCUT2D eigenvalue weighted by Crippen LogP contribution is 2.27. The number of halogens is 1. The molecule has 13 heavy (non-hydrogen) atoms. The van der Waals surface area contributed by atoms with Crippen molar-refractivity contribution < 1.29 is 4.79 Å². The van der Waals surface area contributed by atoms with Gasteiger partial charge in [-0.15, -0.1) is 0 Å². The molecule has 0 aliphatic heterocycles. The van der Waals surface area contributed by atoms with Crippen LogP contribution in [0, 0.1) is 10.5 Å². The third kappa shape index (κ3) is 1.52. The van der Waals surface area contributed by atoms with Gasteiger partial charge in [-0.1, -0.05) is 12.1 Å². The lowest BCUT2D eigenvalue weighted by Crippen LogP contribution is -2.13. The van der Waals surface area contributed by atoms with E-state index in [-0.39, 0.29) is 0 Å². The molecule has 0 saturated carbocycles. The SMILES string of the molecule is Cc1ccc2c(c1I)C(=O)CCC2. The summed E-state index contributed by atoms with van der Waals surface area (Å²) in [5.74, 6) is 0.328. The van der Waals surface area contributed by atoms with Crippen LogP contribution in [0.5, 0.6) is 0 Å². The Bertz CT molecular complexity index is 369. The number of fused-ring (bicyclic) bond motifs is 1. The van der Waals surface area contributed by atoms with E-state index in [1.54, 1.807) is 0 Å². The lowest BCUT2D eigenvalue weighted by atomic mass is 9.90. The zero-order chi connectivity index (χ0) is 9.42. The van der Waals surface area contributed by atoms with Crippen LogP contribution in [0.3, 0.4) is 0 Å². The van der Waals surface area contributed by atoms with E-state index in [1.165, 1.54) is 11.1 Å². The van der Waals surface area contributed by atoms with Gasteiger partial charge in [0.2, 0.25) is 0 Å². The molecule has 0 amide bonds. The summed E-state index contributed by atoms with van der Waals surface area (Å²) in [5.41, 5.74) is 3.45. The summed E-state index contributed by atoms with van der Waals surface area (Å²) in [4.78, 5) is 11.7. The molecule has 0 atom stereocenters. The molecular weight excluding hydrogens is 275 g/mol. The molecule has 0 unspecified atom stereocenters. The van der Waals surface area contributed by atoms with E-state index >= 15 is 0 Å². The maximum Gasteiger partial charge on any atom is 0.164 e. The first-order valence-electron chi connectivity index (χ1n) is 4.51. The molecule has 1 aliphatic carbocycles. The average molecular weight is 286 g/mol. The van der Waals surface area contributed by atoms with Crippen molar-refractivity contribution in [2.75, 3.05) is 0 Å². The smallest absolute Gasteiger partial charge is 0.164 e. The van der Waals surface area contributed by atoms with Gasteiger partial charge in [-0.3, -0.25) is 4.79 Å². The first-order valence-corrected chi connectivity index (χ1v) is 5.59. The van der Waals surface area contributed by atoms with E-state index in [0.717, 1.165) is 28.4 Å². The van der Waals surface area contributed by atoms with Gasteiger partial charge in [0.1, 0.15) is 0 Å². The van der Waals surface area contributed by atoms with E-state index in [1.807, 2.05) is 0 Å². The predicted octanol–water partition coefficient (Wildman–Crippen LogP) is 3.12. The van der Waals surface area contributed by atoms with Crippen molar-refractivity contribution in [3.05, 3.63) is 32.4 Å². The van der Waals surface area contributed by atoms with Crippen LogP contribution < -0.4 is 0 Å². The summed E-state index contributed by atoms with van der Waals surface area (Å²) in [6.45, 7) is 2.06. The van der Waals surface area contributed by atoms with Gasteiger partial charge in [0, 0.05) is 15.6 Å². The molecule has 0 heterocycles. The van der Waals surface area contributed by atoms with Crippen LogP contribution in [0.2, 0.25) is 0 Å². The molecule has 0 N–H and O–H groups in total. The Morgan fingerprint density at radius 2 is 2.08 bits per heavy atom. The number of carbonyl (C=O) groups is 1. The van der Waals surface area contributed by atoms with Gasteiger partial charge in [0.05, 0.1) is 0 Å². The largest absolute Gasteiger partial charge is 0.294 e. The zero-order valence-corrected chi connectivity index (χ0v) is 9.72. The van der Waals surface area contributed by atoms with E-state index in [0.29, 0.717) is 5.78 Å². The van der Waals surface area contributed by atoms with Crippen LogP contribution >= 0.6 is 22.6 Å². The molecule has 1 aromatic carbocycles. The normalized spacial score (nSPS) is 15.7. The number of rotatable bonds is 0. The monoisotopic (exact) mass is 286 g/mol. The molecule has 1 aliphatic rings. The van der Waals surface area contributed by atoms with Crippen LogP contribution in [-0.4, -0.2) is 5.78 Å². The third-order valence-corrected chi connectivity index (χ3v) is 3.94. The van der Waals surface area contributed by atoms with Crippen LogP contribution in [0.4, 0.5) is 0 Å². The fourth-order valence-electron chi connectivity index (χ4n) is 1.79. The van der Waals surface area contributed by atoms with E-state index in [9.17, 15) is 4.79 Å². The van der Waals surface area contributed by atoms with Crippen LogP contribution in [-0.2, 0) is 6.42 Å². The number of carbonyl (C=O) groups excluding carboxylic acids is 1. The summed E-state index contributed by atoms with van der Waals surface area (Å²) in [6.07, 6.45) is 2.81. The lowest BCUT2D eigenvalue weighted by Gasteiger charge is -2.17. The minimum atomic E-state index is 0.328. The Balaban J connectivity index is 2.65. The fraction of sp³-hybridized carbons (Fsp3) is 0.364. The van der Waals surface area contributed by atoms with Crippen molar-refractivity contribution in [2.24, 2.45) is 0 Å². The summed E-state index contributed by atoms with van der Waals surface area (Å²) in [5, 5.41) is 0. The van der Waals surface area contributed by atoms with Crippen molar-refractivity contribution in [2.45, 2.75) is 26.2 Å². The van der Waals surface area contributed by atoms with Gasteiger partial charge in [0.15, 0.2) is 5.78 Å². The lowest BCUT2D eigenvalue weighted by molar-refractivity contribution is 0.0971. The quantitative estimate of drug-likeness (QED) is 0.670. The average Bonchev–Trinajstić information content (AvgIpc) is 2.12. The van der Waals surface area contributed by atoms with E-state index in [4.69, 9.17) is 0 Å². The molecule has 68 valence electrons. The second kappa shape index (κ2) is 3.40. The maximum atomic E-state index is 11.7. The molecule has 0 saturated heterocycles. The van der Waals surface area contributed by atoms with E-state index < -0.39 is 0 Å². The number of hydrogen-bond acceptors (Lipinski definition) is 1. The molecule has 0 aromatic heterocycles. The highest BCUT2D eigenvalue weighted by molar-refractivity contribution is 14.1. The third-order valence-electron chi connectivity index (χ3n) is 2.55. The number of Topliss-reactive ketones (excluding diaryl/α,β-unsaturated/α-hetero) is 1. The van der Waals surface area contributed by atoms with Gasteiger partial charge >= 0.3 is 0 Å². The highest BCUT2D eigenvalue weighted by atomic mass is 127. The topological polar surface area (TPSA) is 17.1 Å². The highest BCUT2D eigenvalue weighted by Gasteiger charge is 2.20. The number of aryl methyl sites for hydroxylation is 2. The van der Waals surface area contributed by atoms with E-state index in [2.05, 4.69) is 41.6 Å². The van der Waals surface area contributed by atoms with Gasteiger partial charge in [-0.25, -0.2) is 0 Å². The molecule has 0 bridgehead atoms. The van der Waals surface area contributed by atoms with Crippen LogP contribution in [0.25, 0.3) is 0 Å². The Morgan fingerprint density at radius 1 is 1.31 bits per heavy atom. The Morgan fingerprint density at radius 3 is 2.85 bits per heavy atom. The van der Waals surface area contributed by atoms with Gasteiger partial charge < -0.3 is 0 Å². The molecule has 2 rings (SSSR count). The van der Waals surface area contributed by atoms with Crippen molar-refractivity contribution in [3.63, 3.8) is 0 Å². The number of ketones is 1. The van der Waals surface area contributed by atoms with Gasteiger partial charge in [-0.2, -0.15) is 0 Å². The van der Waals surface area contributed by atoms with Crippen molar-refractivity contribution >= 4 is 28.4 Å². The first-order chi connectivity index (χ1) is 6.20. The number of benzene rings is 1. The zero-order valence-electron chi connectivity index (χ0n) is 7.56. The second-order valence-electron chi connectivity index (χ2n) is 3.51. The van der Waals surface area contributed by atoms with Crippen LogP contribution in [0.15, 0.2) is 12.1 Å². The van der Waals surface area contributed by atoms with Gasteiger partial charge in [0.25, 0.3) is 0 Å². The maximum absolute atomic E-state index is 11.7. The molecule has 0 radical (unpaired) electrons. The molecule has 0 fully saturated rings. The molecule has 2 heteroatoms. The second-order valence-corrected chi connectivity index (χ2v) is 4.59. The van der Waals surface area contributed by atoms with Crippen LogP contribution in [0.1, 0.15) is 34.3 Å². The Labute approximate surface area is 91.7 Å². The summed E-state index contributed by atoms with van der Waals surface area (Å²) >= 11 is 2.28. The molecular formula is C11H11IO. The summed E-state index contributed by atoms with van der Waals surface area (Å²) < 4.78 is 1.15. The minimum absolute atomic E-state index is 0.328. The minimum Gasteiger partial charge on any atom is -0.294 e. The molecule has 0 spiro atoms. The Hall–Kier alpha value is -0.380. The van der Waals surface area contributed by atoms with Crippen molar-refractivity contribution in [1.82, 2.24) is 0 Å². The summed E-state index contributed by atoms with van der Waals surface area (Å²) in [7, 11) is 0. The van der Waals surface area contributed by atoms with Crippen molar-refractivity contribution in [1.29, 1.82) is 0 Å². The fourth-order valence-corrected chi connectivity index (χ4v) is 2.62. The predicted molar refractivity (Wildman–Crippen MR) is 61.2 cm³/mol. The van der Waals surface area contributed by atoms with Gasteiger partial charge in [-0.05, 0) is 53.5 Å². The van der Waals surface area contributed by atoms with Crippen molar-refractivity contribution in [3.8, 4) is 0 Å². The molecule has 1 nitrogen and oxygen atoms in total. The standard InChI is InChI=1S/C11H11IO/c1-7-5-6-8-3-2-4-9(13)10(8)11(7)12/h5-6H,2-4H2,1H3. The first kappa shape index (κ1) is 9.19.